The monoisotopic (exact) mass is 294 g/mol. The first-order valence-corrected chi connectivity index (χ1v) is 7.31. The Bertz CT molecular complexity index is 518. The first-order valence-electron chi connectivity index (χ1n) is 7.31. The smallest absolute Gasteiger partial charge is 0.261 e. The Morgan fingerprint density at radius 2 is 1.81 bits per heavy atom. The van der Waals surface area contributed by atoms with Crippen molar-refractivity contribution >= 4 is 11.8 Å². The number of piperazine rings is 1. The summed E-state index contributed by atoms with van der Waals surface area (Å²) in [6, 6.07) is 0. The van der Waals surface area contributed by atoms with Crippen molar-refractivity contribution in [3.8, 4) is 5.88 Å². The van der Waals surface area contributed by atoms with Gasteiger partial charge in [-0.05, 0) is 13.8 Å². The van der Waals surface area contributed by atoms with Crippen LogP contribution in [0.3, 0.4) is 0 Å². The van der Waals surface area contributed by atoms with Crippen LogP contribution in [0.4, 0.5) is 0 Å². The van der Waals surface area contributed by atoms with Gasteiger partial charge in [-0.25, -0.2) is 0 Å². The van der Waals surface area contributed by atoms with E-state index in [9.17, 15) is 9.59 Å². The molecule has 7 heteroatoms. The second-order valence-corrected chi connectivity index (χ2v) is 4.93. The van der Waals surface area contributed by atoms with Crippen molar-refractivity contribution in [2.24, 2.45) is 0 Å². The molecule has 2 heterocycles. The van der Waals surface area contributed by atoms with Gasteiger partial charge in [0, 0.05) is 45.8 Å². The molecule has 21 heavy (non-hydrogen) atoms. The number of ether oxygens (including phenoxy) is 1. The number of aryl methyl sites for hydroxylation is 1. The number of carbonyl (C=O) groups is 2. The molecule has 0 N–H and O–H groups in total. The van der Waals surface area contributed by atoms with E-state index in [0.29, 0.717) is 50.8 Å². The minimum atomic E-state index is -0.0821. The standard InChI is InChI=1S/C14H22N4O3/c1-4-18-10-12(13(15-18)21-5-2)14(20)17-8-6-16(7-9-17)11(3)19/h10H,4-9H2,1-3H3. The van der Waals surface area contributed by atoms with Crippen molar-refractivity contribution in [3.63, 3.8) is 0 Å². The van der Waals surface area contributed by atoms with Gasteiger partial charge >= 0.3 is 0 Å². The SMILES string of the molecule is CCOc1nn(CC)cc1C(=O)N1CCN(C(C)=O)CC1. The molecule has 1 aliphatic heterocycles. The minimum Gasteiger partial charge on any atom is -0.476 e. The van der Waals surface area contributed by atoms with Gasteiger partial charge in [0.05, 0.1) is 6.61 Å². The molecule has 7 nitrogen and oxygen atoms in total. The lowest BCUT2D eigenvalue weighted by atomic mass is 10.2. The van der Waals surface area contributed by atoms with Crippen LogP contribution in [-0.4, -0.2) is 64.2 Å². The van der Waals surface area contributed by atoms with Crippen LogP contribution in [-0.2, 0) is 11.3 Å². The fraction of sp³-hybridized carbons (Fsp3) is 0.643. The molecule has 1 aromatic rings. The largest absolute Gasteiger partial charge is 0.476 e. The van der Waals surface area contributed by atoms with E-state index in [2.05, 4.69) is 5.10 Å². The van der Waals surface area contributed by atoms with Crippen LogP contribution in [0.25, 0.3) is 0 Å². The van der Waals surface area contributed by atoms with Gasteiger partial charge in [0.2, 0.25) is 11.8 Å². The highest BCUT2D eigenvalue weighted by molar-refractivity contribution is 5.96. The lowest BCUT2D eigenvalue weighted by molar-refractivity contribution is -0.130. The lowest BCUT2D eigenvalue weighted by Crippen LogP contribution is -2.50. The maximum absolute atomic E-state index is 12.6. The summed E-state index contributed by atoms with van der Waals surface area (Å²) in [5.41, 5.74) is 0.495. The van der Waals surface area contributed by atoms with Gasteiger partial charge in [-0.15, -0.1) is 5.10 Å². The molecule has 1 aliphatic rings. The van der Waals surface area contributed by atoms with Crippen molar-refractivity contribution in [2.75, 3.05) is 32.8 Å². The zero-order valence-electron chi connectivity index (χ0n) is 12.8. The molecule has 0 atom stereocenters. The lowest BCUT2D eigenvalue weighted by Gasteiger charge is -2.34. The molecular formula is C14H22N4O3. The Morgan fingerprint density at radius 1 is 1.19 bits per heavy atom. The molecule has 1 aromatic heterocycles. The molecule has 2 amide bonds. The van der Waals surface area contributed by atoms with E-state index in [1.807, 2.05) is 13.8 Å². The molecule has 1 saturated heterocycles. The van der Waals surface area contributed by atoms with Crippen LogP contribution >= 0.6 is 0 Å². The Balaban J connectivity index is 2.10. The summed E-state index contributed by atoms with van der Waals surface area (Å²) in [6.07, 6.45) is 1.73. The Kier molecular flexibility index (Phi) is 4.82. The molecule has 2 rings (SSSR count). The van der Waals surface area contributed by atoms with Crippen molar-refractivity contribution in [2.45, 2.75) is 27.3 Å². The predicted molar refractivity (Wildman–Crippen MR) is 77.2 cm³/mol. The van der Waals surface area contributed by atoms with Crippen molar-refractivity contribution < 1.29 is 14.3 Å². The highest BCUT2D eigenvalue weighted by atomic mass is 16.5. The minimum absolute atomic E-state index is 0.0518. The molecule has 0 saturated carbocycles. The highest BCUT2D eigenvalue weighted by Gasteiger charge is 2.27. The number of hydrogen-bond acceptors (Lipinski definition) is 4. The number of amides is 2. The third-order valence-corrected chi connectivity index (χ3v) is 3.58. The van der Waals surface area contributed by atoms with Crippen LogP contribution in [0.5, 0.6) is 5.88 Å². The topological polar surface area (TPSA) is 67.7 Å². The predicted octanol–water partition coefficient (Wildman–Crippen LogP) is 0.606. The van der Waals surface area contributed by atoms with E-state index in [0.717, 1.165) is 0 Å². The highest BCUT2D eigenvalue weighted by Crippen LogP contribution is 2.19. The summed E-state index contributed by atoms with van der Waals surface area (Å²) in [7, 11) is 0. The zero-order valence-corrected chi connectivity index (χ0v) is 12.8. The second-order valence-electron chi connectivity index (χ2n) is 4.93. The summed E-state index contributed by atoms with van der Waals surface area (Å²) in [4.78, 5) is 27.4. The average Bonchev–Trinajstić information content (AvgIpc) is 2.90. The molecule has 0 spiro atoms. The van der Waals surface area contributed by atoms with Crippen LogP contribution in [0.15, 0.2) is 6.20 Å². The second kappa shape index (κ2) is 6.60. The normalized spacial score (nSPS) is 15.2. The summed E-state index contributed by atoms with van der Waals surface area (Å²) in [5.74, 6) is 0.357. The summed E-state index contributed by atoms with van der Waals surface area (Å²) in [5, 5.41) is 4.26. The first kappa shape index (κ1) is 15.3. The van der Waals surface area contributed by atoms with Gasteiger partial charge < -0.3 is 14.5 Å². The molecule has 0 aliphatic carbocycles. The van der Waals surface area contributed by atoms with Crippen molar-refractivity contribution in [3.05, 3.63) is 11.8 Å². The molecule has 1 fully saturated rings. The number of hydrogen-bond donors (Lipinski definition) is 0. The van der Waals surface area contributed by atoms with Crippen molar-refractivity contribution in [1.29, 1.82) is 0 Å². The van der Waals surface area contributed by atoms with Crippen LogP contribution in [0.1, 0.15) is 31.1 Å². The van der Waals surface area contributed by atoms with Gasteiger partial charge in [0.15, 0.2) is 0 Å². The fourth-order valence-electron chi connectivity index (χ4n) is 2.35. The molecule has 116 valence electrons. The van der Waals surface area contributed by atoms with E-state index in [1.165, 1.54) is 0 Å². The number of aromatic nitrogens is 2. The third kappa shape index (κ3) is 3.34. The van der Waals surface area contributed by atoms with Gasteiger partial charge in [0.1, 0.15) is 5.56 Å². The Morgan fingerprint density at radius 3 is 2.33 bits per heavy atom. The number of carbonyl (C=O) groups excluding carboxylic acids is 2. The summed E-state index contributed by atoms with van der Waals surface area (Å²) in [6.45, 7) is 8.77. The first-order chi connectivity index (χ1) is 10.1. The van der Waals surface area contributed by atoms with Gasteiger partial charge in [-0.1, -0.05) is 0 Å². The number of rotatable bonds is 4. The van der Waals surface area contributed by atoms with E-state index >= 15 is 0 Å². The van der Waals surface area contributed by atoms with Gasteiger partial charge in [-0.2, -0.15) is 0 Å². The summed E-state index contributed by atoms with van der Waals surface area (Å²) < 4.78 is 7.15. The summed E-state index contributed by atoms with van der Waals surface area (Å²) >= 11 is 0. The third-order valence-electron chi connectivity index (χ3n) is 3.58. The molecule has 0 unspecified atom stereocenters. The van der Waals surface area contributed by atoms with Crippen LogP contribution in [0.2, 0.25) is 0 Å². The average molecular weight is 294 g/mol. The van der Waals surface area contributed by atoms with Crippen molar-refractivity contribution in [1.82, 2.24) is 19.6 Å². The van der Waals surface area contributed by atoms with Gasteiger partial charge in [-0.3, -0.25) is 14.3 Å². The molecule has 0 bridgehead atoms. The van der Waals surface area contributed by atoms with Gasteiger partial charge in [0.25, 0.3) is 5.91 Å². The van der Waals surface area contributed by atoms with E-state index in [1.54, 1.807) is 27.6 Å². The zero-order chi connectivity index (χ0) is 15.4. The van der Waals surface area contributed by atoms with E-state index in [-0.39, 0.29) is 11.8 Å². The molecule has 0 radical (unpaired) electrons. The van der Waals surface area contributed by atoms with E-state index < -0.39 is 0 Å². The molecule has 0 aromatic carbocycles. The Hall–Kier alpha value is -2.05. The quantitative estimate of drug-likeness (QED) is 0.816. The Labute approximate surface area is 124 Å². The van der Waals surface area contributed by atoms with Crippen LogP contribution < -0.4 is 4.74 Å². The fourth-order valence-corrected chi connectivity index (χ4v) is 2.35. The maximum atomic E-state index is 12.6. The van der Waals surface area contributed by atoms with E-state index in [4.69, 9.17) is 4.74 Å². The number of nitrogens with zero attached hydrogens (tertiary/aromatic N) is 4. The maximum Gasteiger partial charge on any atom is 0.261 e. The van der Waals surface area contributed by atoms with Crippen LogP contribution in [0, 0.1) is 0 Å². The molecular weight excluding hydrogens is 272 g/mol.